The first-order valence-corrected chi connectivity index (χ1v) is 23.7. The van der Waals surface area contributed by atoms with Crippen molar-refractivity contribution in [1.29, 1.82) is 0 Å². The summed E-state index contributed by atoms with van der Waals surface area (Å²) >= 11 is 0. The van der Waals surface area contributed by atoms with Gasteiger partial charge >= 0.3 is 8.24 Å². The molecule has 0 spiro atoms. The SMILES string of the molecule is Cc1cc(-c2cc(C)cc(C(C)(C)C)c2Op2oc3c(C(C)(C)C)cc(C)cc3c3cc(C)cc(C(C)(C)C)c3o2)c(OCCP2OCC(C)(C)CO2)c(C(C)(C)C)c1. The normalized spacial score (nSPS) is 15.6. The molecule has 59 heavy (non-hydrogen) atoms. The van der Waals surface area contributed by atoms with Crippen LogP contribution in [-0.2, 0) is 30.7 Å². The van der Waals surface area contributed by atoms with Gasteiger partial charge < -0.3 is 26.7 Å². The van der Waals surface area contributed by atoms with Gasteiger partial charge in [-0.25, -0.2) is 0 Å². The number of rotatable bonds is 7. The molecule has 4 aromatic carbocycles. The van der Waals surface area contributed by atoms with Crippen molar-refractivity contribution in [2.45, 2.75) is 146 Å². The number of hydrogen-bond acceptors (Lipinski definition) is 6. The van der Waals surface area contributed by atoms with E-state index in [9.17, 15) is 0 Å². The van der Waals surface area contributed by atoms with Crippen LogP contribution in [0.4, 0.5) is 0 Å². The summed E-state index contributed by atoms with van der Waals surface area (Å²) < 4.78 is 41.1. The van der Waals surface area contributed by atoms with Crippen molar-refractivity contribution in [2.24, 2.45) is 5.41 Å². The lowest BCUT2D eigenvalue weighted by molar-refractivity contribution is 0.0608. The third kappa shape index (κ3) is 10.1. The highest BCUT2D eigenvalue weighted by Crippen LogP contribution is 2.52. The summed E-state index contributed by atoms with van der Waals surface area (Å²) in [5.41, 5.74) is 11.8. The number of hydrogen-bond donors (Lipinski definition) is 0. The number of ether oxygens (including phenoxy) is 1. The van der Waals surface area contributed by atoms with Crippen LogP contribution in [0.15, 0.2) is 56.9 Å². The van der Waals surface area contributed by atoms with E-state index in [1.807, 2.05) is 0 Å². The fourth-order valence-corrected chi connectivity index (χ4v) is 10.5. The van der Waals surface area contributed by atoms with E-state index >= 15 is 0 Å². The summed E-state index contributed by atoms with van der Waals surface area (Å²) in [7, 11) is -3.05. The van der Waals surface area contributed by atoms with Crippen LogP contribution in [0.1, 0.15) is 141 Å². The zero-order valence-corrected chi connectivity index (χ0v) is 41.1. The van der Waals surface area contributed by atoms with Crippen LogP contribution in [0.25, 0.3) is 33.1 Å². The highest BCUT2D eigenvalue weighted by Gasteiger charge is 2.32. The van der Waals surface area contributed by atoms with E-state index in [2.05, 4.69) is 173 Å². The summed E-state index contributed by atoms with van der Waals surface area (Å²) in [4.78, 5) is 0. The smallest absolute Gasteiger partial charge is 0.453 e. The molecule has 0 unspecified atom stereocenters. The molecule has 1 saturated heterocycles. The molecule has 1 aromatic heterocycles. The Bertz CT molecular complexity index is 2320. The summed E-state index contributed by atoms with van der Waals surface area (Å²) in [5, 5.41) is 2.07. The zero-order chi connectivity index (χ0) is 43.6. The Balaban J connectivity index is 1.65. The Kier molecular flexibility index (Phi) is 12.4. The second-order valence-corrected chi connectivity index (χ2v) is 24.5. The van der Waals surface area contributed by atoms with Crippen molar-refractivity contribution in [3.05, 3.63) is 93.0 Å². The molecule has 8 heteroatoms. The van der Waals surface area contributed by atoms with E-state index < -0.39 is 16.6 Å². The predicted octanol–water partition coefficient (Wildman–Crippen LogP) is 16.0. The van der Waals surface area contributed by atoms with Crippen LogP contribution in [0.3, 0.4) is 0 Å². The molecule has 1 fully saturated rings. The number of aryl methyl sites for hydroxylation is 4. The molecular weight excluding hydrogens is 771 g/mol. The molecule has 0 saturated carbocycles. The third-order valence-corrected chi connectivity index (χ3v) is 13.3. The Morgan fingerprint density at radius 1 is 0.525 bits per heavy atom. The molecule has 1 aliphatic rings. The minimum atomic E-state index is -2.02. The quantitative estimate of drug-likeness (QED) is 0.152. The van der Waals surface area contributed by atoms with Crippen molar-refractivity contribution in [2.75, 3.05) is 26.0 Å². The van der Waals surface area contributed by atoms with Gasteiger partial charge in [0.05, 0.1) is 26.0 Å². The molecule has 5 aromatic rings. The third-order valence-electron chi connectivity index (χ3n) is 11.0. The van der Waals surface area contributed by atoms with Crippen LogP contribution in [0, 0.1) is 33.1 Å². The molecule has 0 atom stereocenters. The summed E-state index contributed by atoms with van der Waals surface area (Å²) in [6, 6.07) is 18.0. The summed E-state index contributed by atoms with van der Waals surface area (Å²) in [6.45, 7) is 41.8. The maximum absolute atomic E-state index is 7.41. The van der Waals surface area contributed by atoms with Gasteiger partial charge in [-0.1, -0.05) is 121 Å². The Morgan fingerprint density at radius 3 is 1.32 bits per heavy atom. The van der Waals surface area contributed by atoms with E-state index in [0.717, 1.165) is 77.9 Å². The lowest BCUT2D eigenvalue weighted by Crippen LogP contribution is -2.29. The van der Waals surface area contributed by atoms with Gasteiger partial charge in [0.2, 0.25) is 0 Å². The lowest BCUT2D eigenvalue weighted by atomic mass is 9.80. The van der Waals surface area contributed by atoms with E-state index in [4.69, 9.17) is 26.7 Å². The van der Waals surface area contributed by atoms with Crippen LogP contribution in [-0.4, -0.2) is 26.0 Å². The van der Waals surface area contributed by atoms with Crippen molar-refractivity contribution < 1.29 is 26.7 Å². The minimum Gasteiger partial charge on any atom is -0.492 e. The molecule has 1 aliphatic heterocycles. The van der Waals surface area contributed by atoms with Crippen LogP contribution < -0.4 is 9.26 Å². The summed E-state index contributed by atoms with van der Waals surface area (Å²) in [6.07, 6.45) is 0.684. The molecular formula is C51H70O6P2. The molecule has 0 amide bonds. The molecule has 0 aliphatic carbocycles. The van der Waals surface area contributed by atoms with Crippen molar-refractivity contribution >= 4 is 38.6 Å². The number of benzene rings is 4. The maximum atomic E-state index is 7.41. The van der Waals surface area contributed by atoms with Gasteiger partial charge in [0.25, 0.3) is 0 Å². The molecule has 6 nitrogen and oxygen atoms in total. The van der Waals surface area contributed by atoms with Gasteiger partial charge in [0.1, 0.15) is 22.7 Å². The lowest BCUT2D eigenvalue weighted by Gasteiger charge is -2.34. The Morgan fingerprint density at radius 2 is 0.898 bits per heavy atom. The van der Waals surface area contributed by atoms with Gasteiger partial charge in [-0.15, -0.1) is 0 Å². The standard InChI is InChI=1S/C51H70O6P2/c1-31-21-35(43(39(25-31)47(5,6)7)52-19-20-58-53-29-51(17,18)30-54-58)36-22-32(2)26-40(48(8,9)10)44(36)55-59-56-45-37(23-33(3)27-41(45)49(11,12)13)38-24-34(4)28-42(46(38)57-59)50(14,15)16/h21-28H,19-20,29-30H2,1-18H3. The van der Waals surface area contributed by atoms with Crippen LogP contribution >= 0.6 is 16.6 Å². The molecule has 0 bridgehead atoms. The Hall–Kier alpha value is -3.27. The average molecular weight is 841 g/mol. The Labute approximate surface area is 357 Å². The van der Waals surface area contributed by atoms with E-state index in [0.29, 0.717) is 26.0 Å². The topological polar surface area (TPSA) is 63.2 Å². The van der Waals surface area contributed by atoms with Crippen LogP contribution in [0.5, 0.6) is 11.5 Å². The van der Waals surface area contributed by atoms with Gasteiger partial charge in [0.15, 0.2) is 8.38 Å². The highest BCUT2D eigenvalue weighted by molar-refractivity contribution is 7.47. The molecule has 2 heterocycles. The monoisotopic (exact) mass is 840 g/mol. The summed E-state index contributed by atoms with van der Waals surface area (Å²) in [5.74, 6) is 1.60. The molecule has 0 radical (unpaired) electrons. The largest absolute Gasteiger partial charge is 0.492 e. The first-order valence-electron chi connectivity index (χ1n) is 21.2. The second-order valence-electron chi connectivity index (χ2n) is 21.9. The van der Waals surface area contributed by atoms with Crippen molar-refractivity contribution in [1.82, 2.24) is 0 Å². The van der Waals surface area contributed by atoms with Crippen molar-refractivity contribution in [3.8, 4) is 22.6 Å². The molecule has 6 rings (SSSR count). The molecule has 0 N–H and O–H groups in total. The van der Waals surface area contributed by atoms with Gasteiger partial charge in [-0.3, -0.25) is 0 Å². The highest BCUT2D eigenvalue weighted by atomic mass is 31.2. The fourth-order valence-electron chi connectivity index (χ4n) is 7.78. The van der Waals surface area contributed by atoms with E-state index in [1.165, 1.54) is 11.1 Å². The number of fused-ring (bicyclic) bond motifs is 3. The minimum absolute atomic E-state index is 0.0204. The van der Waals surface area contributed by atoms with E-state index in [1.54, 1.807) is 0 Å². The second kappa shape index (κ2) is 16.2. The van der Waals surface area contributed by atoms with Crippen molar-refractivity contribution in [3.63, 3.8) is 0 Å². The molecule has 320 valence electrons. The van der Waals surface area contributed by atoms with Crippen LogP contribution in [0.2, 0.25) is 0 Å². The first kappa shape index (κ1) is 45.3. The first-order chi connectivity index (χ1) is 27.1. The van der Waals surface area contributed by atoms with Gasteiger partial charge in [-0.05, 0) is 95.9 Å². The van der Waals surface area contributed by atoms with Gasteiger partial charge in [-0.2, -0.15) is 0 Å². The van der Waals surface area contributed by atoms with E-state index in [-0.39, 0.29) is 27.1 Å². The maximum Gasteiger partial charge on any atom is 0.453 e. The fraction of sp³-hybridized carbons (Fsp3) is 0.529. The predicted molar refractivity (Wildman–Crippen MR) is 251 cm³/mol. The van der Waals surface area contributed by atoms with Gasteiger partial charge in [0, 0.05) is 49.6 Å². The zero-order valence-electron chi connectivity index (χ0n) is 39.3. The average Bonchev–Trinajstić information content (AvgIpc) is 3.23.